The second-order valence-electron chi connectivity index (χ2n) is 5.22. The van der Waals surface area contributed by atoms with Crippen LogP contribution in [0.15, 0.2) is 63.1 Å². The van der Waals surface area contributed by atoms with Crippen LogP contribution in [0.1, 0.15) is 0 Å². The molecule has 0 spiro atoms. The lowest BCUT2D eigenvalue weighted by Gasteiger charge is -2.02. The molecule has 0 aliphatic rings. The molecule has 25 heavy (non-hydrogen) atoms. The summed E-state index contributed by atoms with van der Waals surface area (Å²) in [4.78, 5) is 20.8. The quantitative estimate of drug-likeness (QED) is 0.597. The van der Waals surface area contributed by atoms with Crippen LogP contribution in [0.2, 0.25) is 0 Å². The molecule has 0 radical (unpaired) electrons. The first-order chi connectivity index (χ1) is 12.2. The van der Waals surface area contributed by atoms with E-state index < -0.39 is 5.63 Å². The zero-order chi connectivity index (χ0) is 17.2. The van der Waals surface area contributed by atoms with Gasteiger partial charge in [0.2, 0.25) is 0 Å². The lowest BCUT2D eigenvalue weighted by Crippen LogP contribution is -2.04. The molecular weight excluding hydrogens is 338 g/mol. The molecule has 2 aromatic heterocycles. The maximum atomic E-state index is 12.0. The Morgan fingerprint density at radius 1 is 1.08 bits per heavy atom. The number of methoxy groups -OCH3 is 1. The molecule has 124 valence electrons. The molecule has 0 saturated carbocycles. The Morgan fingerprint density at radius 2 is 1.88 bits per heavy atom. The number of fused-ring (bicyclic) bond motifs is 1. The predicted molar refractivity (Wildman–Crippen MR) is 97.7 cm³/mol. The summed E-state index contributed by atoms with van der Waals surface area (Å²) in [5.41, 5.74) is 1.93. The molecule has 0 fully saturated rings. The van der Waals surface area contributed by atoms with Crippen LogP contribution in [-0.4, -0.2) is 17.1 Å². The van der Waals surface area contributed by atoms with Gasteiger partial charge >= 0.3 is 11.6 Å². The fraction of sp³-hybridized carbons (Fsp3) is 0.0556. The van der Waals surface area contributed by atoms with Crippen LogP contribution >= 0.6 is 11.3 Å². The molecule has 0 amide bonds. The number of hydrogen-bond acceptors (Lipinski definition) is 7. The summed E-state index contributed by atoms with van der Waals surface area (Å²) >= 11 is 1.40. The summed E-state index contributed by atoms with van der Waals surface area (Å²) in [7, 11) is 1.63. The Hall–Kier alpha value is -3.19. The first-order valence-corrected chi connectivity index (χ1v) is 8.38. The molecule has 0 unspecified atom stereocenters. The Bertz CT molecular complexity index is 1090. The lowest BCUT2D eigenvalue weighted by molar-refractivity contribution is 0.415. The number of thiazole rings is 1. The van der Waals surface area contributed by atoms with Crippen LogP contribution in [-0.2, 0) is 0 Å². The molecule has 4 rings (SSSR count). The van der Waals surface area contributed by atoms with Crippen LogP contribution in [0.4, 0.5) is 11.1 Å². The van der Waals surface area contributed by atoms with E-state index in [4.69, 9.17) is 9.15 Å². The highest BCUT2D eigenvalue weighted by Gasteiger charge is 2.09. The van der Waals surface area contributed by atoms with E-state index >= 15 is 0 Å². The SMILES string of the molecule is COc1ccc(-c2csc(Nc3nc4ccccc4c(=O)o3)n2)cc1. The van der Waals surface area contributed by atoms with Crippen molar-refractivity contribution in [1.82, 2.24) is 9.97 Å². The summed E-state index contributed by atoms with van der Waals surface area (Å²) in [6, 6.07) is 14.8. The van der Waals surface area contributed by atoms with Crippen molar-refractivity contribution in [3.05, 3.63) is 64.3 Å². The highest BCUT2D eigenvalue weighted by Crippen LogP contribution is 2.28. The van der Waals surface area contributed by atoms with Crippen molar-refractivity contribution >= 4 is 33.4 Å². The van der Waals surface area contributed by atoms with Gasteiger partial charge in [0.25, 0.3) is 0 Å². The van der Waals surface area contributed by atoms with Gasteiger partial charge in [-0.05, 0) is 36.4 Å². The summed E-state index contributed by atoms with van der Waals surface area (Å²) in [6.45, 7) is 0. The molecule has 4 aromatic rings. The zero-order valence-electron chi connectivity index (χ0n) is 13.2. The van der Waals surface area contributed by atoms with Gasteiger partial charge in [0, 0.05) is 10.9 Å². The van der Waals surface area contributed by atoms with Crippen LogP contribution in [0.3, 0.4) is 0 Å². The van der Waals surface area contributed by atoms with Gasteiger partial charge in [0.05, 0.1) is 23.7 Å². The second kappa shape index (κ2) is 6.37. The summed E-state index contributed by atoms with van der Waals surface area (Å²) in [5, 5.41) is 5.92. The van der Waals surface area contributed by atoms with Crippen molar-refractivity contribution in [3.8, 4) is 17.0 Å². The number of anilines is 2. The summed E-state index contributed by atoms with van der Waals surface area (Å²) in [6.07, 6.45) is 0. The lowest BCUT2D eigenvalue weighted by atomic mass is 10.2. The fourth-order valence-corrected chi connectivity index (χ4v) is 3.10. The summed E-state index contributed by atoms with van der Waals surface area (Å²) in [5.74, 6) is 0.791. The molecule has 2 heterocycles. The fourth-order valence-electron chi connectivity index (χ4n) is 2.39. The maximum absolute atomic E-state index is 12.0. The number of benzene rings is 2. The number of ether oxygens (including phenoxy) is 1. The molecule has 2 aromatic carbocycles. The first kappa shape index (κ1) is 15.3. The Balaban J connectivity index is 1.61. The van der Waals surface area contributed by atoms with E-state index in [2.05, 4.69) is 15.3 Å². The van der Waals surface area contributed by atoms with Gasteiger partial charge in [-0.25, -0.2) is 9.78 Å². The van der Waals surface area contributed by atoms with Gasteiger partial charge in [0.1, 0.15) is 5.75 Å². The minimum atomic E-state index is -0.431. The van der Waals surface area contributed by atoms with E-state index in [-0.39, 0.29) is 6.01 Å². The monoisotopic (exact) mass is 351 g/mol. The molecule has 1 N–H and O–H groups in total. The van der Waals surface area contributed by atoms with Crippen molar-refractivity contribution in [2.75, 3.05) is 12.4 Å². The van der Waals surface area contributed by atoms with Crippen molar-refractivity contribution < 1.29 is 9.15 Å². The van der Waals surface area contributed by atoms with Crippen LogP contribution in [0, 0.1) is 0 Å². The average Bonchev–Trinajstić information content (AvgIpc) is 3.10. The zero-order valence-corrected chi connectivity index (χ0v) is 14.0. The van der Waals surface area contributed by atoms with Gasteiger partial charge in [0.15, 0.2) is 5.13 Å². The van der Waals surface area contributed by atoms with E-state index in [9.17, 15) is 4.79 Å². The van der Waals surface area contributed by atoms with Gasteiger partial charge in [-0.3, -0.25) is 5.32 Å². The van der Waals surface area contributed by atoms with Crippen molar-refractivity contribution in [1.29, 1.82) is 0 Å². The predicted octanol–water partition coefficient (Wildman–Crippen LogP) is 4.06. The average molecular weight is 351 g/mol. The number of rotatable bonds is 4. The van der Waals surface area contributed by atoms with Crippen molar-refractivity contribution in [2.24, 2.45) is 0 Å². The number of nitrogens with zero attached hydrogens (tertiary/aromatic N) is 2. The molecule has 0 saturated heterocycles. The Labute approximate surface area is 146 Å². The van der Waals surface area contributed by atoms with E-state index in [0.29, 0.717) is 16.0 Å². The highest BCUT2D eigenvalue weighted by atomic mass is 32.1. The molecule has 7 heteroatoms. The first-order valence-electron chi connectivity index (χ1n) is 7.50. The topological polar surface area (TPSA) is 77.2 Å². The Kier molecular flexibility index (Phi) is 3.91. The van der Waals surface area contributed by atoms with Gasteiger partial charge in [-0.15, -0.1) is 11.3 Å². The molecule has 0 bridgehead atoms. The molecular formula is C18H13N3O3S. The number of aromatic nitrogens is 2. The standard InChI is InChI=1S/C18H13N3O3S/c1-23-12-8-6-11(7-9-12)15-10-25-18(20-15)21-17-19-14-5-3-2-4-13(14)16(22)24-17/h2-10H,1H3,(H,19,20,21). The minimum absolute atomic E-state index is 0.124. The largest absolute Gasteiger partial charge is 0.497 e. The molecule has 0 atom stereocenters. The van der Waals surface area contributed by atoms with Gasteiger partial charge in [-0.2, -0.15) is 4.98 Å². The molecule has 6 nitrogen and oxygen atoms in total. The van der Waals surface area contributed by atoms with E-state index in [0.717, 1.165) is 17.0 Å². The Morgan fingerprint density at radius 3 is 2.68 bits per heavy atom. The normalized spacial score (nSPS) is 10.8. The molecule has 0 aliphatic heterocycles. The van der Waals surface area contributed by atoms with Gasteiger partial charge < -0.3 is 9.15 Å². The third-order valence-corrected chi connectivity index (χ3v) is 4.40. The van der Waals surface area contributed by atoms with E-state index in [1.807, 2.05) is 35.7 Å². The molecule has 0 aliphatic carbocycles. The second-order valence-corrected chi connectivity index (χ2v) is 6.07. The minimum Gasteiger partial charge on any atom is -0.497 e. The van der Waals surface area contributed by atoms with Crippen LogP contribution in [0.5, 0.6) is 5.75 Å². The smallest absolute Gasteiger partial charge is 0.348 e. The number of para-hydroxylation sites is 1. The van der Waals surface area contributed by atoms with Crippen molar-refractivity contribution in [3.63, 3.8) is 0 Å². The maximum Gasteiger partial charge on any atom is 0.348 e. The summed E-state index contributed by atoms with van der Waals surface area (Å²) < 4.78 is 10.4. The van der Waals surface area contributed by atoms with Gasteiger partial charge in [-0.1, -0.05) is 12.1 Å². The number of hydrogen-bond donors (Lipinski definition) is 1. The van der Waals surface area contributed by atoms with Crippen LogP contribution < -0.4 is 15.7 Å². The third kappa shape index (κ3) is 3.09. The van der Waals surface area contributed by atoms with Crippen molar-refractivity contribution in [2.45, 2.75) is 0 Å². The highest BCUT2D eigenvalue weighted by molar-refractivity contribution is 7.14. The van der Waals surface area contributed by atoms with E-state index in [1.165, 1.54) is 11.3 Å². The third-order valence-electron chi connectivity index (χ3n) is 3.64. The number of nitrogens with one attached hydrogen (secondary N) is 1. The van der Waals surface area contributed by atoms with Crippen LogP contribution in [0.25, 0.3) is 22.2 Å². The van der Waals surface area contributed by atoms with E-state index in [1.54, 1.807) is 25.3 Å².